The van der Waals surface area contributed by atoms with Crippen molar-refractivity contribution in [2.75, 3.05) is 0 Å². The third-order valence-electron chi connectivity index (χ3n) is 2.25. The highest BCUT2D eigenvalue weighted by Crippen LogP contribution is 2.12. The number of ketones is 1. The zero-order valence-electron chi connectivity index (χ0n) is 8.89. The van der Waals surface area contributed by atoms with Gasteiger partial charge in [0.15, 0.2) is 0 Å². The molecule has 0 saturated heterocycles. The lowest BCUT2D eigenvalue weighted by atomic mass is 9.97. The van der Waals surface area contributed by atoms with E-state index < -0.39 is 0 Å². The van der Waals surface area contributed by atoms with Crippen molar-refractivity contribution in [3.63, 3.8) is 0 Å². The van der Waals surface area contributed by atoms with Gasteiger partial charge in [0.25, 0.3) is 0 Å². The minimum Gasteiger partial charge on any atom is -0.300 e. The number of carbonyl (C=O) groups excluding carboxylic acids is 1. The number of rotatable bonds is 6. The van der Waals surface area contributed by atoms with E-state index in [1.807, 2.05) is 0 Å². The van der Waals surface area contributed by atoms with Crippen LogP contribution in [0, 0.1) is 11.8 Å². The second kappa shape index (κ2) is 6.22. The molecule has 0 N–H and O–H groups in total. The summed E-state index contributed by atoms with van der Waals surface area (Å²) in [5, 5.41) is 0. The highest BCUT2D eigenvalue weighted by atomic mass is 16.1. The van der Waals surface area contributed by atoms with Gasteiger partial charge in [-0.1, -0.05) is 34.1 Å². The van der Waals surface area contributed by atoms with Crippen molar-refractivity contribution < 1.29 is 4.79 Å². The molecule has 0 bridgehead atoms. The second-order valence-electron chi connectivity index (χ2n) is 4.19. The highest BCUT2D eigenvalue weighted by Gasteiger charge is 2.06. The van der Waals surface area contributed by atoms with Crippen molar-refractivity contribution >= 4 is 5.78 Å². The zero-order valence-corrected chi connectivity index (χ0v) is 8.89. The average molecular weight is 170 g/mol. The molecule has 1 atom stereocenters. The molecule has 0 aromatic rings. The Balaban J connectivity index is 3.44. The second-order valence-corrected chi connectivity index (χ2v) is 4.19. The van der Waals surface area contributed by atoms with Gasteiger partial charge in [0, 0.05) is 12.8 Å². The van der Waals surface area contributed by atoms with Gasteiger partial charge in [0.1, 0.15) is 5.78 Å². The maximum absolute atomic E-state index is 11.3. The normalized spacial score (nSPS) is 13.4. The molecule has 0 aromatic heterocycles. The standard InChI is InChI=1S/C11H22O/c1-5-10(4)6-7-11(12)8-9(2)3/h9-10H,5-8H2,1-4H3. The van der Waals surface area contributed by atoms with Gasteiger partial charge in [0.05, 0.1) is 0 Å². The summed E-state index contributed by atoms with van der Waals surface area (Å²) < 4.78 is 0. The Morgan fingerprint density at radius 2 is 1.83 bits per heavy atom. The van der Waals surface area contributed by atoms with Crippen molar-refractivity contribution in [3.8, 4) is 0 Å². The lowest BCUT2D eigenvalue weighted by Gasteiger charge is -2.07. The fourth-order valence-electron chi connectivity index (χ4n) is 1.17. The maximum Gasteiger partial charge on any atom is 0.133 e. The summed E-state index contributed by atoms with van der Waals surface area (Å²) in [7, 11) is 0. The summed E-state index contributed by atoms with van der Waals surface area (Å²) in [5.74, 6) is 1.67. The summed E-state index contributed by atoms with van der Waals surface area (Å²) in [5.41, 5.74) is 0. The van der Waals surface area contributed by atoms with E-state index in [4.69, 9.17) is 0 Å². The molecule has 1 unspecified atom stereocenters. The minimum absolute atomic E-state index is 0.435. The minimum atomic E-state index is 0.435. The molecule has 12 heavy (non-hydrogen) atoms. The van der Waals surface area contributed by atoms with Crippen LogP contribution in [-0.2, 0) is 4.79 Å². The largest absolute Gasteiger partial charge is 0.300 e. The Hall–Kier alpha value is -0.330. The quantitative estimate of drug-likeness (QED) is 0.597. The molecule has 0 spiro atoms. The summed E-state index contributed by atoms with van der Waals surface area (Å²) in [6, 6.07) is 0. The molecule has 0 saturated carbocycles. The topological polar surface area (TPSA) is 17.1 Å². The van der Waals surface area contributed by atoms with Crippen molar-refractivity contribution in [1.29, 1.82) is 0 Å². The van der Waals surface area contributed by atoms with Crippen LogP contribution in [0.3, 0.4) is 0 Å². The van der Waals surface area contributed by atoms with Crippen molar-refractivity contribution in [1.82, 2.24) is 0 Å². The smallest absolute Gasteiger partial charge is 0.133 e. The predicted molar refractivity (Wildman–Crippen MR) is 53.2 cm³/mol. The van der Waals surface area contributed by atoms with Crippen LogP contribution in [0.1, 0.15) is 53.4 Å². The highest BCUT2D eigenvalue weighted by molar-refractivity contribution is 5.78. The van der Waals surface area contributed by atoms with Crippen LogP contribution in [0.5, 0.6) is 0 Å². The molecule has 0 aromatic carbocycles. The van der Waals surface area contributed by atoms with E-state index in [2.05, 4.69) is 27.7 Å². The van der Waals surface area contributed by atoms with Crippen LogP contribution < -0.4 is 0 Å². The summed E-state index contributed by atoms with van der Waals surface area (Å²) in [6.45, 7) is 8.59. The number of hydrogen-bond acceptors (Lipinski definition) is 1. The van der Waals surface area contributed by atoms with E-state index >= 15 is 0 Å². The van der Waals surface area contributed by atoms with Gasteiger partial charge in [-0.25, -0.2) is 0 Å². The molecule has 1 nitrogen and oxygen atoms in total. The molecule has 0 aliphatic heterocycles. The predicted octanol–water partition coefficient (Wildman–Crippen LogP) is 3.43. The molecule has 0 aliphatic rings. The molecule has 0 aliphatic carbocycles. The summed E-state index contributed by atoms with van der Waals surface area (Å²) >= 11 is 0. The first kappa shape index (κ1) is 11.7. The Labute approximate surface area is 76.6 Å². The first-order valence-corrected chi connectivity index (χ1v) is 5.08. The van der Waals surface area contributed by atoms with Crippen LogP contribution in [0.25, 0.3) is 0 Å². The lowest BCUT2D eigenvalue weighted by molar-refractivity contribution is -0.120. The Morgan fingerprint density at radius 3 is 2.25 bits per heavy atom. The van der Waals surface area contributed by atoms with Gasteiger partial charge in [-0.3, -0.25) is 4.79 Å². The molecular weight excluding hydrogens is 148 g/mol. The first-order chi connectivity index (χ1) is 5.56. The van der Waals surface area contributed by atoms with E-state index in [0.717, 1.165) is 19.3 Å². The third-order valence-corrected chi connectivity index (χ3v) is 2.25. The van der Waals surface area contributed by atoms with Gasteiger partial charge < -0.3 is 0 Å². The maximum atomic E-state index is 11.3. The van der Waals surface area contributed by atoms with Gasteiger partial charge in [0.2, 0.25) is 0 Å². The molecule has 72 valence electrons. The van der Waals surface area contributed by atoms with Gasteiger partial charge >= 0.3 is 0 Å². The van der Waals surface area contributed by atoms with Gasteiger partial charge in [-0.05, 0) is 18.3 Å². The molecule has 1 heteroatoms. The SMILES string of the molecule is CCC(C)CCC(=O)CC(C)C. The van der Waals surface area contributed by atoms with Crippen LogP contribution in [-0.4, -0.2) is 5.78 Å². The van der Waals surface area contributed by atoms with Crippen molar-refractivity contribution in [2.45, 2.75) is 53.4 Å². The van der Waals surface area contributed by atoms with E-state index in [0.29, 0.717) is 17.6 Å². The van der Waals surface area contributed by atoms with E-state index in [9.17, 15) is 4.79 Å². The van der Waals surface area contributed by atoms with Crippen LogP contribution in [0.2, 0.25) is 0 Å². The summed E-state index contributed by atoms with van der Waals surface area (Å²) in [6.07, 6.45) is 3.81. The Bertz CT molecular complexity index is 127. The first-order valence-electron chi connectivity index (χ1n) is 5.08. The molecule has 0 heterocycles. The molecule has 0 radical (unpaired) electrons. The molecule has 0 amide bonds. The van der Waals surface area contributed by atoms with E-state index in [1.54, 1.807) is 0 Å². The average Bonchev–Trinajstić information content (AvgIpc) is 1.99. The van der Waals surface area contributed by atoms with E-state index in [-0.39, 0.29) is 0 Å². The van der Waals surface area contributed by atoms with Crippen molar-refractivity contribution in [2.24, 2.45) is 11.8 Å². The Morgan fingerprint density at radius 1 is 1.25 bits per heavy atom. The molecule has 0 rings (SSSR count). The fourth-order valence-corrected chi connectivity index (χ4v) is 1.17. The zero-order chi connectivity index (χ0) is 9.56. The van der Waals surface area contributed by atoms with Crippen LogP contribution in [0.15, 0.2) is 0 Å². The lowest BCUT2D eigenvalue weighted by Crippen LogP contribution is -2.04. The van der Waals surface area contributed by atoms with Gasteiger partial charge in [-0.15, -0.1) is 0 Å². The fraction of sp³-hybridized carbons (Fsp3) is 0.909. The summed E-state index contributed by atoms with van der Waals surface area (Å²) in [4.78, 5) is 11.3. The van der Waals surface area contributed by atoms with Crippen LogP contribution >= 0.6 is 0 Å². The molecule has 0 fully saturated rings. The van der Waals surface area contributed by atoms with E-state index in [1.165, 1.54) is 6.42 Å². The Kier molecular flexibility index (Phi) is 6.04. The monoisotopic (exact) mass is 170 g/mol. The van der Waals surface area contributed by atoms with Crippen LogP contribution in [0.4, 0.5) is 0 Å². The number of carbonyl (C=O) groups is 1. The number of Topliss-reactive ketones (excluding diaryl/α,β-unsaturated/α-hetero) is 1. The third kappa shape index (κ3) is 6.38. The molecular formula is C11H22O. The van der Waals surface area contributed by atoms with Gasteiger partial charge in [-0.2, -0.15) is 0 Å². The van der Waals surface area contributed by atoms with Crippen molar-refractivity contribution in [3.05, 3.63) is 0 Å². The number of hydrogen-bond donors (Lipinski definition) is 0.